The van der Waals surface area contributed by atoms with Crippen molar-refractivity contribution in [3.63, 3.8) is 0 Å². The number of rotatable bonds is 6. The first kappa shape index (κ1) is 14.0. The van der Waals surface area contributed by atoms with Gasteiger partial charge in [0.2, 0.25) is 0 Å². The van der Waals surface area contributed by atoms with Gasteiger partial charge < -0.3 is 20.7 Å². The molecule has 0 radical (unpaired) electrons. The molecule has 0 aliphatic heterocycles. The number of ether oxygens (including phenoxy) is 1. The van der Waals surface area contributed by atoms with Gasteiger partial charge in [0.15, 0.2) is 0 Å². The molecule has 0 heterocycles. The van der Waals surface area contributed by atoms with E-state index in [4.69, 9.17) is 10.5 Å². The van der Waals surface area contributed by atoms with E-state index >= 15 is 0 Å². The van der Waals surface area contributed by atoms with Crippen LogP contribution in [0.4, 0.5) is 11.4 Å². The fourth-order valence-electron chi connectivity index (χ4n) is 2.71. The number of benzene rings is 1. The normalized spacial score (nSPS) is 15.9. The Labute approximate surface area is 115 Å². The van der Waals surface area contributed by atoms with Crippen LogP contribution in [0.15, 0.2) is 18.2 Å². The minimum absolute atomic E-state index is 0.768. The second-order valence-corrected chi connectivity index (χ2v) is 5.30. The molecule has 1 aliphatic rings. The molecular formula is C15H25N3O. The summed E-state index contributed by atoms with van der Waals surface area (Å²) in [6.45, 7) is 1.95. The van der Waals surface area contributed by atoms with E-state index in [2.05, 4.69) is 17.3 Å². The fourth-order valence-corrected chi connectivity index (χ4v) is 2.71. The Morgan fingerprint density at radius 1 is 1.37 bits per heavy atom. The topological polar surface area (TPSA) is 50.5 Å². The molecule has 4 heteroatoms. The Morgan fingerprint density at radius 3 is 2.79 bits per heavy atom. The van der Waals surface area contributed by atoms with E-state index in [9.17, 15) is 0 Å². The van der Waals surface area contributed by atoms with Gasteiger partial charge in [-0.3, -0.25) is 0 Å². The Kier molecular flexibility index (Phi) is 4.91. The number of methoxy groups -OCH3 is 1. The molecule has 1 aromatic rings. The number of hydrogen-bond acceptors (Lipinski definition) is 4. The minimum atomic E-state index is 0.768. The summed E-state index contributed by atoms with van der Waals surface area (Å²) in [6.07, 6.45) is 5.45. The fraction of sp³-hybridized carbons (Fsp3) is 0.600. The third kappa shape index (κ3) is 3.77. The molecule has 0 saturated heterocycles. The van der Waals surface area contributed by atoms with Crippen molar-refractivity contribution < 1.29 is 4.74 Å². The highest BCUT2D eigenvalue weighted by atomic mass is 16.5. The predicted molar refractivity (Wildman–Crippen MR) is 80.8 cm³/mol. The Bertz CT molecular complexity index is 402. The van der Waals surface area contributed by atoms with E-state index in [0.29, 0.717) is 0 Å². The maximum Gasteiger partial charge on any atom is 0.121 e. The smallest absolute Gasteiger partial charge is 0.121 e. The van der Waals surface area contributed by atoms with Crippen molar-refractivity contribution >= 4 is 11.4 Å². The molecule has 0 unspecified atom stereocenters. The van der Waals surface area contributed by atoms with Crippen molar-refractivity contribution in [2.24, 2.45) is 0 Å². The number of anilines is 2. The van der Waals surface area contributed by atoms with Crippen LogP contribution in [0.3, 0.4) is 0 Å². The first-order valence-electron chi connectivity index (χ1n) is 7.08. The summed E-state index contributed by atoms with van der Waals surface area (Å²) in [5, 5.41) is 3.40. The quantitative estimate of drug-likeness (QED) is 0.775. The number of nitrogens with two attached hydrogens (primary N) is 1. The van der Waals surface area contributed by atoms with E-state index in [1.807, 2.05) is 18.2 Å². The molecule has 2 rings (SSSR count). The highest BCUT2D eigenvalue weighted by Crippen LogP contribution is 2.25. The van der Waals surface area contributed by atoms with Crippen LogP contribution in [-0.2, 0) is 0 Å². The largest absolute Gasteiger partial charge is 0.497 e. The van der Waals surface area contributed by atoms with Crippen LogP contribution in [-0.4, -0.2) is 38.2 Å². The first-order chi connectivity index (χ1) is 9.20. The maximum absolute atomic E-state index is 5.95. The van der Waals surface area contributed by atoms with Gasteiger partial charge in [-0.25, -0.2) is 0 Å². The lowest BCUT2D eigenvalue weighted by molar-refractivity contribution is 0.254. The van der Waals surface area contributed by atoms with E-state index < -0.39 is 0 Å². The van der Waals surface area contributed by atoms with Crippen LogP contribution in [0, 0.1) is 0 Å². The summed E-state index contributed by atoms with van der Waals surface area (Å²) in [4.78, 5) is 2.45. The number of likely N-dealkylation sites (N-methyl/N-ethyl adjacent to an activating group) is 1. The molecule has 19 heavy (non-hydrogen) atoms. The summed E-state index contributed by atoms with van der Waals surface area (Å²) in [7, 11) is 3.88. The molecule has 0 bridgehead atoms. The van der Waals surface area contributed by atoms with Gasteiger partial charge in [-0.2, -0.15) is 0 Å². The second kappa shape index (κ2) is 6.66. The van der Waals surface area contributed by atoms with Crippen molar-refractivity contribution in [1.82, 2.24) is 4.90 Å². The molecule has 0 amide bonds. The lowest BCUT2D eigenvalue weighted by Gasteiger charge is -2.24. The summed E-state index contributed by atoms with van der Waals surface area (Å²) in [5.41, 5.74) is 7.68. The van der Waals surface area contributed by atoms with E-state index in [1.165, 1.54) is 25.7 Å². The standard InChI is InChI=1S/C15H25N3O/c1-18(12-5-3-4-6-12)10-9-17-15-11-13(19-2)7-8-14(15)16/h7-8,11-12,17H,3-6,9-10,16H2,1-2H3. The average molecular weight is 263 g/mol. The number of nitrogens with zero attached hydrogens (tertiary/aromatic N) is 1. The zero-order chi connectivity index (χ0) is 13.7. The van der Waals surface area contributed by atoms with Crippen LogP contribution in [0.5, 0.6) is 5.75 Å². The Balaban J connectivity index is 1.81. The molecule has 106 valence electrons. The van der Waals surface area contributed by atoms with Gasteiger partial charge in [0.1, 0.15) is 5.75 Å². The SMILES string of the molecule is COc1ccc(N)c(NCCN(C)C2CCCC2)c1. The van der Waals surface area contributed by atoms with Gasteiger partial charge in [-0.05, 0) is 32.0 Å². The zero-order valence-electron chi connectivity index (χ0n) is 12.0. The number of nitrogen functional groups attached to an aromatic ring is 1. The van der Waals surface area contributed by atoms with Gasteiger partial charge in [0, 0.05) is 25.2 Å². The van der Waals surface area contributed by atoms with Gasteiger partial charge in [-0.15, -0.1) is 0 Å². The molecule has 1 saturated carbocycles. The van der Waals surface area contributed by atoms with E-state index in [-0.39, 0.29) is 0 Å². The summed E-state index contributed by atoms with van der Waals surface area (Å²) in [6, 6.07) is 6.47. The zero-order valence-corrected chi connectivity index (χ0v) is 12.0. The number of nitrogens with one attached hydrogen (secondary N) is 1. The summed E-state index contributed by atoms with van der Waals surface area (Å²) < 4.78 is 5.21. The second-order valence-electron chi connectivity index (χ2n) is 5.30. The predicted octanol–water partition coefficient (Wildman–Crippen LogP) is 2.56. The lowest BCUT2D eigenvalue weighted by atomic mass is 10.2. The monoisotopic (exact) mass is 263 g/mol. The average Bonchev–Trinajstić information content (AvgIpc) is 2.95. The molecule has 3 N–H and O–H groups in total. The van der Waals surface area contributed by atoms with Gasteiger partial charge in [0.25, 0.3) is 0 Å². The summed E-state index contributed by atoms with van der Waals surface area (Å²) >= 11 is 0. The van der Waals surface area contributed by atoms with E-state index in [1.54, 1.807) is 7.11 Å². The molecule has 1 aliphatic carbocycles. The highest BCUT2D eigenvalue weighted by Gasteiger charge is 2.18. The van der Waals surface area contributed by atoms with Crippen LogP contribution < -0.4 is 15.8 Å². The van der Waals surface area contributed by atoms with Crippen LogP contribution in [0.1, 0.15) is 25.7 Å². The van der Waals surface area contributed by atoms with Crippen LogP contribution >= 0.6 is 0 Å². The van der Waals surface area contributed by atoms with Crippen LogP contribution in [0.25, 0.3) is 0 Å². The summed E-state index contributed by atoms with van der Waals surface area (Å²) in [5.74, 6) is 0.834. The molecule has 0 atom stereocenters. The van der Waals surface area contributed by atoms with Crippen molar-refractivity contribution in [3.05, 3.63) is 18.2 Å². The van der Waals surface area contributed by atoms with Crippen molar-refractivity contribution in [3.8, 4) is 5.75 Å². The van der Waals surface area contributed by atoms with Gasteiger partial charge >= 0.3 is 0 Å². The molecule has 1 fully saturated rings. The Hall–Kier alpha value is -1.42. The van der Waals surface area contributed by atoms with Crippen LogP contribution in [0.2, 0.25) is 0 Å². The molecule has 4 nitrogen and oxygen atoms in total. The molecule has 0 aromatic heterocycles. The Morgan fingerprint density at radius 2 is 2.11 bits per heavy atom. The molecular weight excluding hydrogens is 238 g/mol. The minimum Gasteiger partial charge on any atom is -0.497 e. The maximum atomic E-state index is 5.95. The van der Waals surface area contributed by atoms with Gasteiger partial charge in [-0.1, -0.05) is 12.8 Å². The van der Waals surface area contributed by atoms with Crippen molar-refractivity contribution in [2.45, 2.75) is 31.7 Å². The van der Waals surface area contributed by atoms with Crippen molar-refractivity contribution in [2.75, 3.05) is 38.3 Å². The van der Waals surface area contributed by atoms with E-state index in [0.717, 1.165) is 36.3 Å². The third-order valence-corrected chi connectivity index (χ3v) is 3.99. The molecule has 1 aromatic carbocycles. The van der Waals surface area contributed by atoms with Gasteiger partial charge in [0.05, 0.1) is 18.5 Å². The molecule has 0 spiro atoms. The first-order valence-corrected chi connectivity index (χ1v) is 7.08. The lowest BCUT2D eigenvalue weighted by Crippen LogP contribution is -2.33. The highest BCUT2D eigenvalue weighted by molar-refractivity contribution is 5.68. The third-order valence-electron chi connectivity index (χ3n) is 3.99. The van der Waals surface area contributed by atoms with Crippen molar-refractivity contribution in [1.29, 1.82) is 0 Å². The number of hydrogen-bond donors (Lipinski definition) is 2.